The lowest BCUT2D eigenvalue weighted by Gasteiger charge is -2.25. The largest absolute Gasteiger partial charge is 0.446 e. The highest BCUT2D eigenvalue weighted by atomic mass is 19.4. The predicted molar refractivity (Wildman–Crippen MR) is 130 cm³/mol. The minimum atomic E-state index is -4.57. The third kappa shape index (κ3) is 7.46. The molecule has 4 N–H and O–H groups in total. The number of nitrogens with one attached hydrogen (secondary N) is 4. The van der Waals surface area contributed by atoms with E-state index in [1.54, 1.807) is 0 Å². The SMILES string of the molecule is O=C(Nc1ccn(CCC(F)CN2NC=C(C(=O)NCc3ccc(C(F)(F)F)nc3)N2)c(=O)c1F)OC1CCC1. The van der Waals surface area contributed by atoms with Crippen LogP contribution in [0.5, 0.6) is 0 Å². The highest BCUT2D eigenvalue weighted by Gasteiger charge is 2.32. The van der Waals surface area contributed by atoms with Crippen LogP contribution in [0.25, 0.3) is 0 Å². The summed E-state index contributed by atoms with van der Waals surface area (Å²) in [5.74, 6) is -1.80. The van der Waals surface area contributed by atoms with E-state index < -0.39 is 41.4 Å². The molecule has 0 radical (unpaired) electrons. The van der Waals surface area contributed by atoms with E-state index in [1.165, 1.54) is 29.6 Å². The first-order chi connectivity index (χ1) is 19.0. The first-order valence-corrected chi connectivity index (χ1v) is 12.3. The van der Waals surface area contributed by atoms with Crippen molar-refractivity contribution >= 4 is 17.7 Å². The molecule has 2 aliphatic rings. The number of amides is 2. The average Bonchev–Trinajstić information content (AvgIpc) is 3.35. The fourth-order valence-electron chi connectivity index (χ4n) is 3.71. The van der Waals surface area contributed by atoms with E-state index in [-0.39, 0.29) is 43.5 Å². The van der Waals surface area contributed by atoms with E-state index in [4.69, 9.17) is 4.74 Å². The molecular formula is C24H26F5N7O4. The maximum atomic E-state index is 14.6. The number of rotatable bonds is 10. The summed E-state index contributed by atoms with van der Waals surface area (Å²) in [6, 6.07) is 3.18. The number of aryl methyl sites for hydroxylation is 1. The minimum absolute atomic E-state index is 0.0317. The van der Waals surface area contributed by atoms with Gasteiger partial charge in [-0.05, 0) is 43.4 Å². The second-order valence-corrected chi connectivity index (χ2v) is 9.15. The zero-order chi connectivity index (χ0) is 28.9. The number of alkyl halides is 4. The van der Waals surface area contributed by atoms with Gasteiger partial charge in [0.15, 0.2) is 0 Å². The lowest BCUT2D eigenvalue weighted by Crippen LogP contribution is -2.45. The first-order valence-electron chi connectivity index (χ1n) is 12.3. The maximum absolute atomic E-state index is 14.6. The summed E-state index contributed by atoms with van der Waals surface area (Å²) in [4.78, 5) is 39.7. The molecule has 0 aromatic carbocycles. The molecule has 0 spiro atoms. The number of hydrazine groups is 2. The standard InChI is InChI=1S/C24H26F5N7O4/c25-15(6-8-35-9-7-17(20(26)22(35)38)33-23(39)40-16-2-1-3-16)13-36-32-12-18(34-36)21(37)31-11-14-4-5-19(30-10-14)24(27,28)29/h4-5,7,9-10,12,15-16,32,34H,1-3,6,8,11,13H2,(H,31,37)(H,33,39). The van der Waals surface area contributed by atoms with Gasteiger partial charge in [-0.3, -0.25) is 25.3 Å². The monoisotopic (exact) mass is 571 g/mol. The van der Waals surface area contributed by atoms with Gasteiger partial charge in [-0.1, -0.05) is 6.07 Å². The topological polar surface area (TPSA) is 130 Å². The Morgan fingerprint density at radius 2 is 2.00 bits per heavy atom. The Kier molecular flexibility index (Phi) is 8.86. The van der Waals surface area contributed by atoms with Crippen molar-refractivity contribution in [1.29, 1.82) is 0 Å². The Hall–Kier alpha value is -4.21. The molecule has 1 aliphatic carbocycles. The Balaban J connectivity index is 1.19. The van der Waals surface area contributed by atoms with Gasteiger partial charge in [0, 0.05) is 31.7 Å². The summed E-state index contributed by atoms with van der Waals surface area (Å²) in [6.07, 6.45) is -1.37. The fourth-order valence-corrected chi connectivity index (χ4v) is 3.71. The van der Waals surface area contributed by atoms with Crippen LogP contribution in [0, 0.1) is 5.82 Å². The minimum Gasteiger partial charge on any atom is -0.446 e. The van der Waals surface area contributed by atoms with Gasteiger partial charge in [0.05, 0.1) is 12.2 Å². The second-order valence-electron chi connectivity index (χ2n) is 9.15. The number of nitrogens with zero attached hydrogens (tertiary/aromatic N) is 3. The molecule has 1 fully saturated rings. The molecule has 1 atom stereocenters. The molecule has 3 heterocycles. The lowest BCUT2D eigenvalue weighted by molar-refractivity contribution is -0.141. The number of hydrogen-bond donors (Lipinski definition) is 4. The van der Waals surface area contributed by atoms with Gasteiger partial charge in [0.2, 0.25) is 5.82 Å². The Morgan fingerprint density at radius 3 is 2.65 bits per heavy atom. The predicted octanol–water partition coefficient (Wildman–Crippen LogP) is 2.71. The van der Waals surface area contributed by atoms with Crippen LogP contribution in [0.2, 0.25) is 0 Å². The zero-order valence-corrected chi connectivity index (χ0v) is 20.9. The van der Waals surface area contributed by atoms with E-state index in [0.717, 1.165) is 36.1 Å². The van der Waals surface area contributed by atoms with E-state index >= 15 is 0 Å². The van der Waals surface area contributed by atoms with E-state index in [1.807, 2.05) is 0 Å². The smallest absolute Gasteiger partial charge is 0.433 e. The van der Waals surface area contributed by atoms with Crippen molar-refractivity contribution in [3.8, 4) is 0 Å². The second kappa shape index (κ2) is 12.3. The number of carbonyl (C=O) groups excluding carboxylic acids is 2. The molecular weight excluding hydrogens is 545 g/mol. The van der Waals surface area contributed by atoms with E-state index in [0.29, 0.717) is 5.56 Å². The zero-order valence-electron chi connectivity index (χ0n) is 20.9. The average molecular weight is 572 g/mol. The summed E-state index contributed by atoms with van der Waals surface area (Å²) < 4.78 is 72.9. The summed E-state index contributed by atoms with van der Waals surface area (Å²) in [6.45, 7) is -0.491. The van der Waals surface area contributed by atoms with Crippen LogP contribution < -0.4 is 27.0 Å². The molecule has 16 heteroatoms. The van der Waals surface area contributed by atoms with Gasteiger partial charge in [-0.25, -0.2) is 9.18 Å². The number of ether oxygens (including phenoxy) is 1. The van der Waals surface area contributed by atoms with Crippen LogP contribution in [-0.2, 0) is 28.8 Å². The summed E-state index contributed by atoms with van der Waals surface area (Å²) in [5, 5.41) is 5.89. The Labute approximate surface area is 224 Å². The number of halogens is 5. The number of aromatic nitrogens is 2. The molecule has 1 saturated carbocycles. The van der Waals surface area contributed by atoms with E-state index in [2.05, 4.69) is 26.5 Å². The van der Waals surface area contributed by atoms with Crippen molar-refractivity contribution in [2.24, 2.45) is 0 Å². The molecule has 1 aliphatic heterocycles. The van der Waals surface area contributed by atoms with Crippen LogP contribution in [0.1, 0.15) is 36.9 Å². The normalized spacial score (nSPS) is 16.3. The maximum Gasteiger partial charge on any atom is 0.433 e. The van der Waals surface area contributed by atoms with Crippen LogP contribution in [0.4, 0.5) is 32.4 Å². The highest BCUT2D eigenvalue weighted by Crippen LogP contribution is 2.27. The molecule has 2 amide bonds. The summed E-state index contributed by atoms with van der Waals surface area (Å²) >= 11 is 0. The lowest BCUT2D eigenvalue weighted by atomic mass is 9.96. The molecule has 216 valence electrons. The molecule has 0 saturated heterocycles. The van der Waals surface area contributed by atoms with Crippen LogP contribution >= 0.6 is 0 Å². The van der Waals surface area contributed by atoms with Gasteiger partial charge < -0.3 is 20.0 Å². The molecule has 2 aromatic rings. The van der Waals surface area contributed by atoms with Gasteiger partial charge in [0.1, 0.15) is 23.7 Å². The number of anilines is 1. The van der Waals surface area contributed by atoms with Crippen molar-refractivity contribution in [2.75, 3.05) is 11.9 Å². The van der Waals surface area contributed by atoms with Gasteiger partial charge in [0.25, 0.3) is 11.5 Å². The molecule has 11 nitrogen and oxygen atoms in total. The summed E-state index contributed by atoms with van der Waals surface area (Å²) in [5.41, 5.74) is 3.25. The van der Waals surface area contributed by atoms with Crippen molar-refractivity contribution in [2.45, 2.75) is 57.2 Å². The van der Waals surface area contributed by atoms with Crippen molar-refractivity contribution in [3.63, 3.8) is 0 Å². The quantitative estimate of drug-likeness (QED) is 0.321. The van der Waals surface area contributed by atoms with Crippen molar-refractivity contribution < 1.29 is 36.3 Å². The highest BCUT2D eigenvalue weighted by molar-refractivity contribution is 5.92. The van der Waals surface area contributed by atoms with Crippen LogP contribution in [0.15, 0.2) is 47.3 Å². The van der Waals surface area contributed by atoms with E-state index in [9.17, 15) is 36.3 Å². The number of carbonyl (C=O) groups is 2. The molecule has 2 aromatic heterocycles. The van der Waals surface area contributed by atoms with Crippen molar-refractivity contribution in [3.05, 3.63) is 69.9 Å². The Morgan fingerprint density at radius 1 is 1.23 bits per heavy atom. The fraction of sp³-hybridized carbons (Fsp3) is 0.417. The third-order valence-electron chi connectivity index (χ3n) is 6.17. The summed E-state index contributed by atoms with van der Waals surface area (Å²) in [7, 11) is 0. The first kappa shape index (κ1) is 28.8. The molecule has 0 bridgehead atoms. The molecule has 40 heavy (non-hydrogen) atoms. The third-order valence-corrected chi connectivity index (χ3v) is 6.17. The van der Waals surface area contributed by atoms with Gasteiger partial charge in [-0.15, -0.1) is 5.12 Å². The van der Waals surface area contributed by atoms with Gasteiger partial charge >= 0.3 is 12.3 Å². The number of pyridine rings is 2. The number of hydrogen-bond acceptors (Lipinski definition) is 8. The van der Waals surface area contributed by atoms with Crippen LogP contribution in [-0.4, -0.2) is 45.5 Å². The molecule has 4 rings (SSSR count). The Bertz CT molecular complexity index is 1310. The molecule has 1 unspecified atom stereocenters. The van der Waals surface area contributed by atoms with Crippen LogP contribution in [0.3, 0.4) is 0 Å². The van der Waals surface area contributed by atoms with Gasteiger partial charge in [-0.2, -0.15) is 17.6 Å². The van der Waals surface area contributed by atoms with Crippen molar-refractivity contribution in [1.82, 2.24) is 30.8 Å².